The molecule has 1 amide bonds. The molecule has 0 saturated carbocycles. The van der Waals surface area contributed by atoms with Crippen LogP contribution in [0.25, 0.3) is 0 Å². The maximum atomic E-state index is 12.0. The Kier molecular flexibility index (Phi) is 3.59. The number of amides is 1. The van der Waals surface area contributed by atoms with E-state index in [0.29, 0.717) is 5.15 Å². The topological polar surface area (TPSA) is 66.9 Å². The fraction of sp³-hybridized carbons (Fsp3) is 0.545. The Morgan fingerprint density at radius 1 is 1.59 bits per heavy atom. The molecular weight excluding hydrogens is 240 g/mol. The number of anilines is 1. The molecule has 17 heavy (non-hydrogen) atoms. The van der Waals surface area contributed by atoms with E-state index in [0.717, 1.165) is 18.7 Å². The van der Waals surface area contributed by atoms with Crippen molar-refractivity contribution in [1.29, 1.82) is 0 Å². The average Bonchev–Trinajstić information content (AvgIpc) is 2.62. The summed E-state index contributed by atoms with van der Waals surface area (Å²) in [5, 5.41) is 6.28. The molecule has 0 radical (unpaired) electrons. The molecule has 1 aromatic rings. The van der Waals surface area contributed by atoms with Crippen molar-refractivity contribution in [1.82, 2.24) is 15.3 Å². The lowest BCUT2D eigenvalue weighted by Gasteiger charge is -2.14. The predicted molar refractivity (Wildman–Crippen MR) is 66.0 cm³/mol. The lowest BCUT2D eigenvalue weighted by Crippen LogP contribution is -2.32. The molecule has 6 heteroatoms. The summed E-state index contributed by atoms with van der Waals surface area (Å²) in [5.41, 5.74) is 0.734. The lowest BCUT2D eigenvalue weighted by atomic mass is 10.0. The van der Waals surface area contributed by atoms with Gasteiger partial charge in [-0.3, -0.25) is 10.1 Å². The predicted octanol–water partition coefficient (Wildman–Crippen LogP) is 1.37. The second-order valence-electron chi connectivity index (χ2n) is 4.28. The van der Waals surface area contributed by atoms with Crippen LogP contribution in [-0.4, -0.2) is 28.5 Å². The van der Waals surface area contributed by atoms with Crippen LogP contribution in [-0.2, 0) is 4.79 Å². The van der Waals surface area contributed by atoms with E-state index in [9.17, 15) is 4.79 Å². The number of aryl methyl sites for hydroxylation is 1. The second kappa shape index (κ2) is 4.98. The minimum absolute atomic E-state index is 0.0297. The summed E-state index contributed by atoms with van der Waals surface area (Å²) in [7, 11) is 0. The highest BCUT2D eigenvalue weighted by Crippen LogP contribution is 2.17. The van der Waals surface area contributed by atoms with Gasteiger partial charge in [0.2, 0.25) is 11.9 Å². The van der Waals surface area contributed by atoms with E-state index in [1.807, 2.05) is 13.8 Å². The van der Waals surface area contributed by atoms with Crippen LogP contribution in [0.1, 0.15) is 19.0 Å². The molecule has 2 atom stereocenters. The van der Waals surface area contributed by atoms with Crippen LogP contribution < -0.4 is 10.6 Å². The SMILES string of the molecule is Cc1cc(Cl)nc(NC(=O)C2CCNC2C)n1. The van der Waals surface area contributed by atoms with Crippen molar-refractivity contribution in [3.63, 3.8) is 0 Å². The van der Waals surface area contributed by atoms with Gasteiger partial charge in [-0.2, -0.15) is 0 Å². The maximum absolute atomic E-state index is 12.0. The molecular formula is C11H15ClN4O. The third-order valence-electron chi connectivity index (χ3n) is 2.92. The molecule has 92 valence electrons. The van der Waals surface area contributed by atoms with Crippen LogP contribution in [0.5, 0.6) is 0 Å². The van der Waals surface area contributed by atoms with E-state index in [2.05, 4.69) is 20.6 Å². The van der Waals surface area contributed by atoms with Gasteiger partial charge in [-0.25, -0.2) is 9.97 Å². The molecule has 5 nitrogen and oxygen atoms in total. The fourth-order valence-corrected chi connectivity index (χ4v) is 2.24. The standard InChI is InChI=1S/C11H15ClN4O/c1-6-5-9(12)15-11(14-6)16-10(17)8-3-4-13-7(8)2/h5,7-8,13H,3-4H2,1-2H3,(H,14,15,16,17). The monoisotopic (exact) mass is 254 g/mol. The molecule has 0 spiro atoms. The molecule has 1 aromatic heterocycles. The van der Waals surface area contributed by atoms with E-state index in [-0.39, 0.29) is 23.8 Å². The first kappa shape index (κ1) is 12.3. The zero-order valence-electron chi connectivity index (χ0n) is 9.83. The normalized spacial score (nSPS) is 23.7. The van der Waals surface area contributed by atoms with E-state index in [4.69, 9.17) is 11.6 Å². The number of aromatic nitrogens is 2. The number of nitrogens with one attached hydrogen (secondary N) is 2. The Bertz CT molecular complexity index is 417. The molecule has 1 fully saturated rings. The van der Waals surface area contributed by atoms with Gasteiger partial charge in [-0.05, 0) is 32.9 Å². The Morgan fingerprint density at radius 3 is 2.94 bits per heavy atom. The molecule has 2 rings (SSSR count). The summed E-state index contributed by atoms with van der Waals surface area (Å²) < 4.78 is 0. The van der Waals surface area contributed by atoms with Crippen molar-refractivity contribution < 1.29 is 4.79 Å². The zero-order chi connectivity index (χ0) is 12.4. The van der Waals surface area contributed by atoms with Gasteiger partial charge in [0.1, 0.15) is 5.15 Å². The average molecular weight is 255 g/mol. The number of halogens is 1. The minimum atomic E-state index is -0.0517. The van der Waals surface area contributed by atoms with Crippen LogP contribution >= 0.6 is 11.6 Å². The Labute approximate surface area is 105 Å². The van der Waals surface area contributed by atoms with Gasteiger partial charge in [0.25, 0.3) is 0 Å². The van der Waals surface area contributed by atoms with Gasteiger partial charge in [0.15, 0.2) is 0 Å². The van der Waals surface area contributed by atoms with Crippen LogP contribution in [0.2, 0.25) is 5.15 Å². The fourth-order valence-electron chi connectivity index (χ4n) is 2.01. The van der Waals surface area contributed by atoms with E-state index in [1.54, 1.807) is 6.07 Å². The summed E-state index contributed by atoms with van der Waals surface area (Å²) in [6.07, 6.45) is 0.840. The summed E-state index contributed by atoms with van der Waals surface area (Å²) in [6.45, 7) is 4.68. The number of hydrogen-bond acceptors (Lipinski definition) is 4. The van der Waals surface area contributed by atoms with Crippen LogP contribution in [0.4, 0.5) is 5.95 Å². The second-order valence-corrected chi connectivity index (χ2v) is 4.67. The molecule has 2 N–H and O–H groups in total. The van der Waals surface area contributed by atoms with Gasteiger partial charge in [-0.1, -0.05) is 11.6 Å². The van der Waals surface area contributed by atoms with Crippen LogP contribution in [0, 0.1) is 12.8 Å². The maximum Gasteiger partial charge on any atom is 0.231 e. The van der Waals surface area contributed by atoms with Crippen molar-refractivity contribution in [3.05, 3.63) is 16.9 Å². The highest BCUT2D eigenvalue weighted by Gasteiger charge is 2.29. The van der Waals surface area contributed by atoms with Crippen LogP contribution in [0.15, 0.2) is 6.07 Å². The molecule has 1 aliphatic rings. The van der Waals surface area contributed by atoms with Crippen molar-refractivity contribution in [3.8, 4) is 0 Å². The summed E-state index contributed by atoms with van der Waals surface area (Å²) in [4.78, 5) is 20.1. The van der Waals surface area contributed by atoms with Crippen molar-refractivity contribution >= 4 is 23.5 Å². The zero-order valence-corrected chi connectivity index (χ0v) is 10.6. The first-order valence-corrected chi connectivity index (χ1v) is 5.99. The molecule has 2 heterocycles. The van der Waals surface area contributed by atoms with Crippen molar-refractivity contribution in [2.45, 2.75) is 26.3 Å². The van der Waals surface area contributed by atoms with Gasteiger partial charge >= 0.3 is 0 Å². The number of nitrogens with zero attached hydrogens (tertiary/aromatic N) is 2. The number of carbonyl (C=O) groups is 1. The summed E-state index contributed by atoms with van der Waals surface area (Å²) in [6, 6.07) is 1.84. The Morgan fingerprint density at radius 2 is 2.35 bits per heavy atom. The quantitative estimate of drug-likeness (QED) is 0.783. The van der Waals surface area contributed by atoms with Gasteiger partial charge in [0.05, 0.1) is 5.92 Å². The van der Waals surface area contributed by atoms with Crippen LogP contribution in [0.3, 0.4) is 0 Å². The van der Waals surface area contributed by atoms with E-state index in [1.165, 1.54) is 0 Å². The first-order valence-electron chi connectivity index (χ1n) is 5.61. The van der Waals surface area contributed by atoms with E-state index >= 15 is 0 Å². The molecule has 0 aliphatic carbocycles. The summed E-state index contributed by atoms with van der Waals surface area (Å²) >= 11 is 5.81. The van der Waals surface area contributed by atoms with Crippen molar-refractivity contribution in [2.24, 2.45) is 5.92 Å². The van der Waals surface area contributed by atoms with Gasteiger partial charge < -0.3 is 5.32 Å². The van der Waals surface area contributed by atoms with Gasteiger partial charge in [0, 0.05) is 11.7 Å². The van der Waals surface area contributed by atoms with Gasteiger partial charge in [-0.15, -0.1) is 0 Å². The number of hydrogen-bond donors (Lipinski definition) is 2. The Hall–Kier alpha value is -1.20. The number of carbonyl (C=O) groups excluding carboxylic acids is 1. The molecule has 1 saturated heterocycles. The molecule has 1 aliphatic heterocycles. The molecule has 0 aromatic carbocycles. The number of rotatable bonds is 2. The molecule has 0 bridgehead atoms. The third kappa shape index (κ3) is 2.92. The largest absolute Gasteiger partial charge is 0.313 e. The van der Waals surface area contributed by atoms with E-state index < -0.39 is 0 Å². The molecule has 2 unspecified atom stereocenters. The highest BCUT2D eigenvalue weighted by molar-refractivity contribution is 6.29. The van der Waals surface area contributed by atoms with Crippen molar-refractivity contribution in [2.75, 3.05) is 11.9 Å². The Balaban J connectivity index is 2.07. The summed E-state index contributed by atoms with van der Waals surface area (Å²) in [5.74, 6) is 0.196. The minimum Gasteiger partial charge on any atom is -0.313 e. The lowest BCUT2D eigenvalue weighted by molar-refractivity contribution is -0.120. The highest BCUT2D eigenvalue weighted by atomic mass is 35.5. The first-order chi connectivity index (χ1) is 8.06. The third-order valence-corrected chi connectivity index (χ3v) is 3.11. The smallest absolute Gasteiger partial charge is 0.231 e.